The van der Waals surface area contributed by atoms with E-state index in [0.29, 0.717) is 0 Å². The van der Waals surface area contributed by atoms with Crippen molar-refractivity contribution >= 4 is 17.4 Å². The third-order valence-electron chi connectivity index (χ3n) is 4.53. The number of carbonyl (C=O) groups excluding carboxylic acids is 1. The van der Waals surface area contributed by atoms with Crippen molar-refractivity contribution in [3.05, 3.63) is 54.7 Å². The molecule has 4 rings (SSSR count). The Morgan fingerprint density at radius 2 is 1.72 bits per heavy atom. The normalized spacial score (nSPS) is 15.3. The highest BCUT2D eigenvalue weighted by atomic mass is 16.5. The van der Waals surface area contributed by atoms with Gasteiger partial charge in [-0.1, -0.05) is 12.1 Å². The van der Waals surface area contributed by atoms with Crippen molar-refractivity contribution in [1.82, 2.24) is 14.9 Å². The van der Waals surface area contributed by atoms with Crippen LogP contribution in [0.5, 0.6) is 5.75 Å². The number of amides is 1. The quantitative estimate of drug-likeness (QED) is 0.688. The maximum absolute atomic E-state index is 10.8. The Morgan fingerprint density at radius 1 is 1.00 bits per heavy atom. The first-order valence-electron chi connectivity index (χ1n) is 8.50. The molecule has 0 radical (unpaired) electrons. The van der Waals surface area contributed by atoms with Crippen molar-refractivity contribution in [1.29, 1.82) is 0 Å². The van der Waals surface area contributed by atoms with Gasteiger partial charge in [-0.05, 0) is 36.4 Å². The standard InChI is InChI=1S/C20H19N3O2/c24-14-23-11-9-17(10-12-23)25-16-7-5-15(6-8-16)20-13-21-18-3-1-2-4-19(18)22-20/h1-8,13-14,17H,9-12H2. The predicted octanol–water partition coefficient (Wildman–Crippen LogP) is 3.30. The number of aromatic nitrogens is 2. The Bertz CT molecular complexity index is 872. The number of benzene rings is 2. The van der Waals surface area contributed by atoms with E-state index in [0.717, 1.165) is 60.4 Å². The molecule has 1 aliphatic heterocycles. The molecule has 1 aromatic heterocycles. The Kier molecular flexibility index (Phi) is 4.29. The summed E-state index contributed by atoms with van der Waals surface area (Å²) >= 11 is 0. The monoisotopic (exact) mass is 333 g/mol. The van der Waals surface area contributed by atoms with Crippen LogP contribution in [-0.2, 0) is 4.79 Å². The fraction of sp³-hybridized carbons (Fsp3) is 0.250. The minimum atomic E-state index is 0.169. The van der Waals surface area contributed by atoms with Crippen LogP contribution in [0.1, 0.15) is 12.8 Å². The van der Waals surface area contributed by atoms with Gasteiger partial charge in [0.1, 0.15) is 11.9 Å². The van der Waals surface area contributed by atoms with Gasteiger partial charge in [-0.2, -0.15) is 0 Å². The number of piperidine rings is 1. The van der Waals surface area contributed by atoms with Crippen molar-refractivity contribution in [3.8, 4) is 17.0 Å². The Hall–Kier alpha value is -2.95. The van der Waals surface area contributed by atoms with Crippen LogP contribution in [0.15, 0.2) is 54.7 Å². The summed E-state index contributed by atoms with van der Waals surface area (Å²) in [4.78, 5) is 21.7. The van der Waals surface area contributed by atoms with Gasteiger partial charge < -0.3 is 9.64 Å². The van der Waals surface area contributed by atoms with Crippen LogP contribution >= 0.6 is 0 Å². The molecule has 3 aromatic rings. The second kappa shape index (κ2) is 6.89. The minimum absolute atomic E-state index is 0.169. The van der Waals surface area contributed by atoms with Crippen LogP contribution < -0.4 is 4.74 Å². The van der Waals surface area contributed by atoms with Gasteiger partial charge in [0.25, 0.3) is 0 Å². The molecule has 126 valence electrons. The number of fused-ring (bicyclic) bond motifs is 1. The SMILES string of the molecule is O=CN1CCC(Oc2ccc(-c3cnc4ccccc4n3)cc2)CC1. The van der Waals surface area contributed by atoms with E-state index in [1.54, 1.807) is 11.1 Å². The number of rotatable bonds is 4. The molecule has 0 unspecified atom stereocenters. The van der Waals surface area contributed by atoms with Crippen LogP contribution in [0.4, 0.5) is 0 Å². The van der Waals surface area contributed by atoms with Crippen LogP contribution in [0.2, 0.25) is 0 Å². The average molecular weight is 333 g/mol. The van der Waals surface area contributed by atoms with E-state index in [1.807, 2.05) is 48.5 Å². The fourth-order valence-corrected chi connectivity index (χ4v) is 3.09. The lowest BCUT2D eigenvalue weighted by atomic mass is 10.1. The lowest BCUT2D eigenvalue weighted by molar-refractivity contribution is -0.119. The molecular weight excluding hydrogens is 314 g/mol. The summed E-state index contributed by atoms with van der Waals surface area (Å²) in [6.45, 7) is 1.53. The largest absolute Gasteiger partial charge is 0.490 e. The zero-order chi connectivity index (χ0) is 17.1. The fourth-order valence-electron chi connectivity index (χ4n) is 3.09. The lowest BCUT2D eigenvalue weighted by Crippen LogP contribution is -2.37. The summed E-state index contributed by atoms with van der Waals surface area (Å²) in [5, 5.41) is 0. The number of hydrogen-bond acceptors (Lipinski definition) is 4. The first-order valence-corrected chi connectivity index (χ1v) is 8.50. The highest BCUT2D eigenvalue weighted by molar-refractivity contribution is 5.76. The first-order chi connectivity index (χ1) is 12.3. The van der Waals surface area contributed by atoms with Gasteiger partial charge in [-0.3, -0.25) is 9.78 Å². The molecule has 0 aliphatic carbocycles. The third kappa shape index (κ3) is 3.45. The molecule has 5 heteroatoms. The van der Waals surface area contributed by atoms with E-state index in [-0.39, 0.29) is 6.10 Å². The van der Waals surface area contributed by atoms with Crippen molar-refractivity contribution in [2.24, 2.45) is 0 Å². The second-order valence-corrected chi connectivity index (χ2v) is 6.23. The van der Waals surface area contributed by atoms with Gasteiger partial charge in [0.15, 0.2) is 0 Å². The lowest BCUT2D eigenvalue weighted by Gasteiger charge is -2.29. The molecule has 1 fully saturated rings. The van der Waals surface area contributed by atoms with Crippen molar-refractivity contribution in [3.63, 3.8) is 0 Å². The van der Waals surface area contributed by atoms with Gasteiger partial charge in [0.05, 0.1) is 22.9 Å². The molecule has 25 heavy (non-hydrogen) atoms. The van der Waals surface area contributed by atoms with Crippen LogP contribution in [0.3, 0.4) is 0 Å². The zero-order valence-corrected chi connectivity index (χ0v) is 13.8. The van der Waals surface area contributed by atoms with Crippen LogP contribution in [-0.4, -0.2) is 40.5 Å². The predicted molar refractivity (Wildman–Crippen MR) is 96.3 cm³/mol. The van der Waals surface area contributed by atoms with Crippen LogP contribution in [0, 0.1) is 0 Å². The van der Waals surface area contributed by atoms with Gasteiger partial charge in [0.2, 0.25) is 6.41 Å². The highest BCUT2D eigenvalue weighted by Gasteiger charge is 2.19. The summed E-state index contributed by atoms with van der Waals surface area (Å²) < 4.78 is 6.03. The maximum Gasteiger partial charge on any atom is 0.209 e. The van der Waals surface area contributed by atoms with Gasteiger partial charge in [-0.25, -0.2) is 4.98 Å². The van der Waals surface area contributed by atoms with Crippen molar-refractivity contribution in [2.75, 3.05) is 13.1 Å². The van der Waals surface area contributed by atoms with Crippen LogP contribution in [0.25, 0.3) is 22.3 Å². The number of nitrogens with zero attached hydrogens (tertiary/aromatic N) is 3. The number of hydrogen-bond donors (Lipinski definition) is 0. The molecule has 5 nitrogen and oxygen atoms in total. The maximum atomic E-state index is 10.8. The van der Waals surface area contributed by atoms with E-state index < -0.39 is 0 Å². The summed E-state index contributed by atoms with van der Waals surface area (Å²) in [6, 6.07) is 15.8. The summed E-state index contributed by atoms with van der Waals surface area (Å²) in [5.74, 6) is 0.849. The highest BCUT2D eigenvalue weighted by Crippen LogP contribution is 2.24. The Balaban J connectivity index is 1.47. The van der Waals surface area contributed by atoms with E-state index >= 15 is 0 Å². The molecule has 0 saturated carbocycles. The number of carbonyl (C=O) groups is 1. The molecule has 1 amide bonds. The average Bonchev–Trinajstić information content (AvgIpc) is 2.69. The third-order valence-corrected chi connectivity index (χ3v) is 4.53. The smallest absolute Gasteiger partial charge is 0.209 e. The molecule has 2 heterocycles. The van der Waals surface area contributed by atoms with Crippen molar-refractivity contribution in [2.45, 2.75) is 18.9 Å². The van der Waals surface area contributed by atoms with Crippen molar-refractivity contribution < 1.29 is 9.53 Å². The molecule has 0 N–H and O–H groups in total. The Labute approximate surface area is 146 Å². The van der Waals surface area contributed by atoms with E-state index in [4.69, 9.17) is 4.74 Å². The zero-order valence-electron chi connectivity index (χ0n) is 13.8. The molecule has 1 saturated heterocycles. The number of ether oxygens (including phenoxy) is 1. The summed E-state index contributed by atoms with van der Waals surface area (Å²) in [7, 11) is 0. The van der Waals surface area contributed by atoms with Gasteiger partial charge in [0, 0.05) is 31.5 Å². The van der Waals surface area contributed by atoms with E-state index in [1.165, 1.54) is 0 Å². The number of likely N-dealkylation sites (tertiary alicyclic amines) is 1. The molecule has 0 bridgehead atoms. The molecule has 1 aliphatic rings. The molecular formula is C20H19N3O2. The minimum Gasteiger partial charge on any atom is -0.490 e. The number of para-hydroxylation sites is 2. The van der Waals surface area contributed by atoms with Gasteiger partial charge >= 0.3 is 0 Å². The second-order valence-electron chi connectivity index (χ2n) is 6.23. The topological polar surface area (TPSA) is 55.3 Å². The van der Waals surface area contributed by atoms with E-state index in [2.05, 4.69) is 9.97 Å². The summed E-state index contributed by atoms with van der Waals surface area (Å²) in [5.41, 5.74) is 3.65. The Morgan fingerprint density at radius 3 is 2.44 bits per heavy atom. The van der Waals surface area contributed by atoms with Gasteiger partial charge in [-0.15, -0.1) is 0 Å². The summed E-state index contributed by atoms with van der Waals surface area (Å²) in [6.07, 6.45) is 4.62. The molecule has 2 aromatic carbocycles. The van der Waals surface area contributed by atoms with E-state index in [9.17, 15) is 4.79 Å². The molecule has 0 atom stereocenters. The molecule has 0 spiro atoms. The first kappa shape index (κ1) is 15.6.